The van der Waals surface area contributed by atoms with Gasteiger partial charge in [0.15, 0.2) is 0 Å². The van der Waals surface area contributed by atoms with Gasteiger partial charge in [-0.2, -0.15) is 0 Å². The number of hydrogen-bond donors (Lipinski definition) is 1. The third-order valence-electron chi connectivity index (χ3n) is 3.95. The molecule has 0 spiro atoms. The largest absolute Gasteiger partial charge is 0.398 e. The number of likely N-dealkylation sites (tertiary alicyclic amines) is 1. The molecule has 1 aliphatic heterocycles. The van der Waals surface area contributed by atoms with Gasteiger partial charge in [0, 0.05) is 24.8 Å². The van der Waals surface area contributed by atoms with Gasteiger partial charge in [0.05, 0.1) is 0 Å². The fraction of sp³-hybridized carbons (Fsp3) is 0.538. The van der Waals surface area contributed by atoms with E-state index in [1.165, 1.54) is 31.4 Å². The van der Waals surface area contributed by atoms with Crippen molar-refractivity contribution in [3.63, 3.8) is 0 Å². The molecule has 2 unspecified atom stereocenters. The molecule has 15 heavy (non-hydrogen) atoms. The molecule has 1 heterocycles. The predicted molar refractivity (Wildman–Crippen MR) is 62.4 cm³/mol. The van der Waals surface area contributed by atoms with Crippen LogP contribution in [0, 0.1) is 5.92 Å². The lowest BCUT2D eigenvalue weighted by molar-refractivity contribution is 0.205. The van der Waals surface area contributed by atoms with Gasteiger partial charge in [-0.15, -0.1) is 0 Å². The number of nitrogen functional groups attached to an aromatic ring is 1. The van der Waals surface area contributed by atoms with E-state index in [2.05, 4.69) is 17.0 Å². The van der Waals surface area contributed by atoms with Gasteiger partial charge in [0.2, 0.25) is 0 Å². The van der Waals surface area contributed by atoms with Crippen LogP contribution in [-0.2, 0) is 6.54 Å². The molecule has 1 aromatic carbocycles. The number of piperidine rings is 1. The summed E-state index contributed by atoms with van der Waals surface area (Å²) in [6.45, 7) is 2.34. The number of nitrogens with zero attached hydrogens (tertiary/aromatic N) is 1. The number of rotatable bonds is 2. The number of nitrogens with two attached hydrogens (primary N) is 1. The monoisotopic (exact) mass is 202 g/mol. The Morgan fingerprint density at radius 2 is 2.13 bits per heavy atom. The van der Waals surface area contributed by atoms with Crippen molar-refractivity contribution < 1.29 is 0 Å². The van der Waals surface area contributed by atoms with Crippen molar-refractivity contribution in [2.75, 3.05) is 12.3 Å². The Morgan fingerprint density at radius 3 is 2.80 bits per heavy atom. The maximum atomic E-state index is 5.97. The van der Waals surface area contributed by atoms with Gasteiger partial charge in [0.25, 0.3) is 0 Å². The van der Waals surface area contributed by atoms with E-state index in [1.54, 1.807) is 0 Å². The highest BCUT2D eigenvalue weighted by atomic mass is 15.2. The van der Waals surface area contributed by atoms with Crippen molar-refractivity contribution in [1.29, 1.82) is 0 Å². The van der Waals surface area contributed by atoms with Crippen LogP contribution >= 0.6 is 0 Å². The fourth-order valence-electron chi connectivity index (χ4n) is 3.12. The lowest BCUT2D eigenvalue weighted by atomic mass is 10.1. The number of hydrogen-bond acceptors (Lipinski definition) is 2. The summed E-state index contributed by atoms with van der Waals surface area (Å²) in [6.07, 6.45) is 4.27. The Bertz CT molecular complexity index is 361. The Kier molecular flexibility index (Phi) is 2.17. The molecule has 2 aliphatic rings. The van der Waals surface area contributed by atoms with Crippen LogP contribution in [0.2, 0.25) is 0 Å². The average Bonchev–Trinajstić information content (AvgIpc) is 2.83. The van der Waals surface area contributed by atoms with Crippen molar-refractivity contribution in [3.8, 4) is 0 Å². The number of para-hydroxylation sites is 1. The van der Waals surface area contributed by atoms with Crippen molar-refractivity contribution in [3.05, 3.63) is 29.8 Å². The van der Waals surface area contributed by atoms with Crippen molar-refractivity contribution >= 4 is 5.69 Å². The van der Waals surface area contributed by atoms with Crippen LogP contribution in [0.4, 0.5) is 5.69 Å². The minimum absolute atomic E-state index is 0.842. The van der Waals surface area contributed by atoms with Gasteiger partial charge in [0.1, 0.15) is 0 Å². The van der Waals surface area contributed by atoms with Gasteiger partial charge in [-0.25, -0.2) is 0 Å². The second kappa shape index (κ2) is 3.53. The molecule has 2 atom stereocenters. The van der Waals surface area contributed by atoms with Crippen molar-refractivity contribution in [2.45, 2.75) is 31.8 Å². The zero-order chi connectivity index (χ0) is 10.3. The molecule has 1 saturated heterocycles. The summed E-state index contributed by atoms with van der Waals surface area (Å²) in [4.78, 5) is 2.61. The highest BCUT2D eigenvalue weighted by Crippen LogP contribution is 2.38. The minimum atomic E-state index is 0.842. The molecule has 0 radical (unpaired) electrons. The standard InChI is InChI=1S/C13H18N2/c14-13-4-2-1-3-11(13)9-15-8-10-5-6-12(15)7-10/h1-4,10,12H,5-9,14H2. The molecule has 2 fully saturated rings. The van der Waals surface area contributed by atoms with Crippen molar-refractivity contribution in [1.82, 2.24) is 4.90 Å². The topological polar surface area (TPSA) is 29.3 Å². The average molecular weight is 202 g/mol. The maximum Gasteiger partial charge on any atom is 0.0359 e. The zero-order valence-electron chi connectivity index (χ0n) is 9.02. The lowest BCUT2D eigenvalue weighted by Gasteiger charge is -2.27. The van der Waals surface area contributed by atoms with Gasteiger partial charge in [-0.05, 0) is 36.8 Å². The highest BCUT2D eigenvalue weighted by Gasteiger charge is 2.37. The van der Waals surface area contributed by atoms with Gasteiger partial charge in [-0.3, -0.25) is 4.90 Å². The quantitative estimate of drug-likeness (QED) is 0.745. The molecule has 0 aromatic heterocycles. The lowest BCUT2D eigenvalue weighted by Crippen LogP contribution is -2.31. The van der Waals surface area contributed by atoms with Crippen LogP contribution in [0.3, 0.4) is 0 Å². The summed E-state index contributed by atoms with van der Waals surface area (Å²) in [5, 5.41) is 0. The van der Waals surface area contributed by atoms with E-state index in [4.69, 9.17) is 5.73 Å². The third kappa shape index (κ3) is 1.63. The first-order chi connectivity index (χ1) is 7.33. The summed E-state index contributed by atoms with van der Waals surface area (Å²) in [7, 11) is 0. The van der Waals surface area contributed by atoms with Crippen LogP contribution in [0.25, 0.3) is 0 Å². The first-order valence-corrected chi connectivity index (χ1v) is 5.90. The molecule has 1 saturated carbocycles. The van der Waals surface area contributed by atoms with E-state index < -0.39 is 0 Å². The first-order valence-electron chi connectivity index (χ1n) is 5.90. The van der Waals surface area contributed by atoms with Gasteiger partial charge < -0.3 is 5.73 Å². The van der Waals surface area contributed by atoms with E-state index in [-0.39, 0.29) is 0 Å². The Labute approximate surface area is 91.1 Å². The molecule has 80 valence electrons. The summed E-state index contributed by atoms with van der Waals surface area (Å²) < 4.78 is 0. The van der Waals surface area contributed by atoms with Crippen LogP contribution in [0.15, 0.2) is 24.3 Å². The van der Waals surface area contributed by atoms with Crippen LogP contribution in [-0.4, -0.2) is 17.5 Å². The molecule has 2 heteroatoms. The summed E-state index contributed by atoms with van der Waals surface area (Å²) in [6, 6.07) is 9.09. The molecular formula is C13H18N2. The molecule has 2 N–H and O–H groups in total. The summed E-state index contributed by atoms with van der Waals surface area (Å²) >= 11 is 0. The van der Waals surface area contributed by atoms with Gasteiger partial charge in [-0.1, -0.05) is 18.2 Å². The minimum Gasteiger partial charge on any atom is -0.398 e. The van der Waals surface area contributed by atoms with E-state index >= 15 is 0 Å². The van der Waals surface area contributed by atoms with E-state index in [9.17, 15) is 0 Å². The number of anilines is 1. The summed E-state index contributed by atoms with van der Waals surface area (Å²) in [5.41, 5.74) is 8.21. The van der Waals surface area contributed by atoms with Crippen LogP contribution in [0.1, 0.15) is 24.8 Å². The first kappa shape index (κ1) is 9.22. The smallest absolute Gasteiger partial charge is 0.0359 e. The highest BCUT2D eigenvalue weighted by molar-refractivity contribution is 5.46. The maximum absolute atomic E-state index is 5.97. The second-order valence-electron chi connectivity index (χ2n) is 4.96. The fourth-order valence-corrected chi connectivity index (χ4v) is 3.12. The third-order valence-corrected chi connectivity index (χ3v) is 3.95. The van der Waals surface area contributed by atoms with E-state index in [0.29, 0.717) is 0 Å². The number of fused-ring (bicyclic) bond motifs is 2. The van der Waals surface area contributed by atoms with Crippen LogP contribution in [0.5, 0.6) is 0 Å². The van der Waals surface area contributed by atoms with Crippen molar-refractivity contribution in [2.24, 2.45) is 5.92 Å². The molecular weight excluding hydrogens is 184 g/mol. The van der Waals surface area contributed by atoms with E-state index in [0.717, 1.165) is 24.2 Å². The summed E-state index contributed by atoms with van der Waals surface area (Å²) in [5.74, 6) is 0.972. The van der Waals surface area contributed by atoms with E-state index in [1.807, 2.05) is 12.1 Å². The Hall–Kier alpha value is -1.02. The molecule has 1 aliphatic carbocycles. The second-order valence-corrected chi connectivity index (χ2v) is 4.96. The molecule has 3 rings (SSSR count). The zero-order valence-corrected chi connectivity index (χ0v) is 9.02. The predicted octanol–water partition coefficient (Wildman–Crippen LogP) is 2.25. The molecule has 2 bridgehead atoms. The number of benzene rings is 1. The van der Waals surface area contributed by atoms with Gasteiger partial charge >= 0.3 is 0 Å². The molecule has 0 amide bonds. The normalized spacial score (nSPS) is 29.9. The Balaban J connectivity index is 1.73. The molecule has 2 nitrogen and oxygen atoms in total. The molecule has 1 aromatic rings. The SMILES string of the molecule is Nc1ccccc1CN1CC2CCC1C2. The Morgan fingerprint density at radius 1 is 1.27 bits per heavy atom. The van der Waals surface area contributed by atoms with Crippen LogP contribution < -0.4 is 5.73 Å².